The summed E-state index contributed by atoms with van der Waals surface area (Å²) in [6.07, 6.45) is -0.269. The van der Waals surface area contributed by atoms with Crippen molar-refractivity contribution >= 4 is 46.1 Å². The summed E-state index contributed by atoms with van der Waals surface area (Å²) in [6, 6.07) is 10.2. The number of aryl methyl sites for hydroxylation is 1. The number of carbonyl (C=O) groups is 2. The predicted octanol–water partition coefficient (Wildman–Crippen LogP) is 5.49. The van der Waals surface area contributed by atoms with E-state index in [2.05, 4.69) is 47.0 Å². The first-order valence-corrected chi connectivity index (χ1v) is 14.1. The van der Waals surface area contributed by atoms with E-state index in [0.717, 1.165) is 5.56 Å². The molecule has 0 bridgehead atoms. The molecule has 0 unspecified atom stereocenters. The van der Waals surface area contributed by atoms with Gasteiger partial charge in [-0.05, 0) is 52.2 Å². The number of amides is 1. The molecule has 0 aromatic heterocycles. The number of benzene rings is 2. The molecular weight excluding hydrogens is 477 g/mol. The van der Waals surface area contributed by atoms with Crippen molar-refractivity contribution in [3.63, 3.8) is 0 Å². The van der Waals surface area contributed by atoms with Crippen LogP contribution >= 0.6 is 15.9 Å². The van der Waals surface area contributed by atoms with Crippen molar-refractivity contribution < 1.29 is 19.1 Å². The first kappa shape index (κ1) is 23.0. The highest BCUT2D eigenvalue weighted by Gasteiger charge is 2.30. The summed E-state index contributed by atoms with van der Waals surface area (Å²) >= 11 is 3.39. The Labute approximate surface area is 190 Å². The third-order valence-corrected chi connectivity index (χ3v) is 6.62. The summed E-state index contributed by atoms with van der Waals surface area (Å²) < 4.78 is 14.5. The number of carboxylic acids is 1. The van der Waals surface area contributed by atoms with E-state index in [4.69, 9.17) is 0 Å². The molecule has 2 aromatic carbocycles. The molecule has 4 nitrogen and oxygen atoms in total. The van der Waals surface area contributed by atoms with Crippen molar-refractivity contribution in [3.05, 3.63) is 70.0 Å². The van der Waals surface area contributed by atoms with E-state index in [1.54, 1.807) is 31.2 Å². The van der Waals surface area contributed by atoms with Gasteiger partial charge in [0, 0.05) is 15.6 Å². The summed E-state index contributed by atoms with van der Waals surface area (Å²) in [6.45, 7) is 8.23. The zero-order valence-corrected chi connectivity index (χ0v) is 20.4. The van der Waals surface area contributed by atoms with Crippen LogP contribution in [0.5, 0.6) is 0 Å². The van der Waals surface area contributed by atoms with Crippen LogP contribution in [-0.2, 0) is 16.1 Å². The van der Waals surface area contributed by atoms with E-state index in [0.29, 0.717) is 26.9 Å². The number of rotatable bonds is 3. The molecule has 0 aliphatic carbocycles. The number of carboxylic acid groups (broad SMARTS) is 1. The van der Waals surface area contributed by atoms with Gasteiger partial charge in [-0.3, -0.25) is 4.79 Å². The van der Waals surface area contributed by atoms with Crippen LogP contribution in [0.25, 0.3) is 4.48 Å². The molecular formula is C24H23BrFNO3Si. The summed E-state index contributed by atoms with van der Waals surface area (Å²) in [5, 5.41) is 9.62. The number of nitrogens with zero attached hydrogens (tertiary/aromatic N) is 1. The second-order valence-electron chi connectivity index (χ2n) is 8.57. The average molecular weight is 500 g/mol. The Morgan fingerprint density at radius 2 is 1.94 bits per heavy atom. The van der Waals surface area contributed by atoms with Crippen molar-refractivity contribution in [1.29, 1.82) is 0 Å². The van der Waals surface area contributed by atoms with Crippen molar-refractivity contribution in [2.45, 2.75) is 39.5 Å². The topological polar surface area (TPSA) is 57.6 Å². The Morgan fingerprint density at radius 3 is 2.55 bits per heavy atom. The first-order valence-electron chi connectivity index (χ1n) is 9.81. The van der Waals surface area contributed by atoms with Crippen LogP contribution in [0, 0.1) is 24.2 Å². The Bertz CT molecular complexity index is 1170. The van der Waals surface area contributed by atoms with E-state index in [1.807, 2.05) is 6.07 Å². The van der Waals surface area contributed by atoms with Crippen LogP contribution in [0.4, 0.5) is 10.1 Å². The number of aliphatic carboxylic acids is 1. The maximum atomic E-state index is 14.1. The van der Waals surface area contributed by atoms with Crippen LogP contribution in [-0.4, -0.2) is 25.1 Å². The normalized spacial score (nSPS) is 14.0. The number of hydrogen-bond acceptors (Lipinski definition) is 2. The maximum absolute atomic E-state index is 14.1. The molecule has 1 N–H and O–H groups in total. The fraction of sp³-hybridized carbons (Fsp3) is 0.250. The molecule has 0 radical (unpaired) electrons. The third-order valence-electron chi connectivity index (χ3n) is 4.84. The van der Waals surface area contributed by atoms with Gasteiger partial charge in [0.1, 0.15) is 13.9 Å². The summed E-state index contributed by atoms with van der Waals surface area (Å²) in [4.78, 5) is 26.4. The summed E-state index contributed by atoms with van der Waals surface area (Å²) in [7, 11) is -1.61. The molecule has 2 aromatic rings. The Kier molecular flexibility index (Phi) is 6.53. The fourth-order valence-electron chi connectivity index (χ4n) is 3.16. The molecule has 0 saturated heterocycles. The average Bonchev–Trinajstić information content (AvgIpc) is 2.78. The van der Waals surface area contributed by atoms with Crippen molar-refractivity contribution in [3.8, 4) is 11.5 Å². The number of fused-ring (bicyclic) bond motifs is 1. The highest BCUT2D eigenvalue weighted by atomic mass is 79.9. The highest BCUT2D eigenvalue weighted by Crippen LogP contribution is 2.39. The van der Waals surface area contributed by atoms with Crippen LogP contribution in [0.3, 0.4) is 0 Å². The van der Waals surface area contributed by atoms with E-state index in [-0.39, 0.29) is 30.3 Å². The molecule has 0 fully saturated rings. The standard InChI is InChI=1S/C24H23BrFNO3Si/c1-15-5-6-17(11-20(15)26)14-27-21-12-16(9-10-31(2,3)4)7-8-18(21)23(25)19(24(29)30)13-22(27)28/h5-8,11-12H,13-14H2,1-4H3,(H,29,30). The monoisotopic (exact) mass is 499 g/mol. The molecule has 0 atom stereocenters. The third kappa shape index (κ3) is 5.33. The Balaban J connectivity index is 2.15. The largest absolute Gasteiger partial charge is 0.478 e. The van der Waals surface area contributed by atoms with Crippen molar-refractivity contribution in [1.82, 2.24) is 0 Å². The first-order chi connectivity index (χ1) is 14.5. The van der Waals surface area contributed by atoms with Gasteiger partial charge in [0.25, 0.3) is 0 Å². The molecule has 1 amide bonds. The lowest BCUT2D eigenvalue weighted by Gasteiger charge is -2.24. The van der Waals surface area contributed by atoms with E-state index >= 15 is 0 Å². The minimum atomic E-state index is -1.61. The van der Waals surface area contributed by atoms with Gasteiger partial charge in [0.05, 0.1) is 24.2 Å². The molecule has 1 aliphatic heterocycles. The maximum Gasteiger partial charge on any atom is 0.333 e. The second kappa shape index (κ2) is 8.81. The molecule has 0 spiro atoms. The minimum Gasteiger partial charge on any atom is -0.478 e. The molecule has 0 saturated carbocycles. The van der Waals surface area contributed by atoms with Gasteiger partial charge in [-0.1, -0.05) is 43.8 Å². The second-order valence-corrected chi connectivity index (χ2v) is 14.1. The van der Waals surface area contributed by atoms with Gasteiger partial charge in [0.15, 0.2) is 0 Å². The quantitative estimate of drug-likeness (QED) is 0.448. The zero-order chi connectivity index (χ0) is 22.9. The van der Waals surface area contributed by atoms with E-state index in [9.17, 15) is 19.1 Å². The van der Waals surface area contributed by atoms with Crippen LogP contribution in [0.2, 0.25) is 19.6 Å². The number of halogens is 2. The highest BCUT2D eigenvalue weighted by molar-refractivity contribution is 9.15. The van der Waals surface area contributed by atoms with Crippen molar-refractivity contribution in [2.75, 3.05) is 4.90 Å². The van der Waals surface area contributed by atoms with E-state index < -0.39 is 14.0 Å². The van der Waals surface area contributed by atoms with Crippen LogP contribution in [0.15, 0.2) is 42.0 Å². The SMILES string of the molecule is Cc1ccc(CN2C(=O)CC(C(=O)O)=C(Br)c3ccc(C#C[Si](C)(C)C)cc32)cc1F. The predicted molar refractivity (Wildman–Crippen MR) is 127 cm³/mol. The fourth-order valence-corrected chi connectivity index (χ4v) is 4.32. The lowest BCUT2D eigenvalue weighted by atomic mass is 10.1. The van der Waals surface area contributed by atoms with Gasteiger partial charge in [-0.25, -0.2) is 9.18 Å². The number of hydrogen-bond donors (Lipinski definition) is 1. The number of anilines is 1. The van der Waals surface area contributed by atoms with Crippen molar-refractivity contribution in [2.24, 2.45) is 0 Å². The van der Waals surface area contributed by atoms with Gasteiger partial charge in [0.2, 0.25) is 5.91 Å². The summed E-state index contributed by atoms with van der Waals surface area (Å²) in [5.74, 6) is 1.31. The Hall–Kier alpha value is -2.69. The lowest BCUT2D eigenvalue weighted by molar-refractivity contribution is -0.133. The van der Waals surface area contributed by atoms with Crippen LogP contribution < -0.4 is 4.90 Å². The smallest absolute Gasteiger partial charge is 0.333 e. The summed E-state index contributed by atoms with van der Waals surface area (Å²) in [5.41, 5.74) is 6.33. The molecule has 3 rings (SSSR count). The molecule has 1 heterocycles. The Morgan fingerprint density at radius 1 is 1.23 bits per heavy atom. The molecule has 160 valence electrons. The van der Waals surface area contributed by atoms with Crippen LogP contribution in [0.1, 0.15) is 28.7 Å². The number of carbonyl (C=O) groups excluding carboxylic acids is 1. The molecule has 1 aliphatic rings. The zero-order valence-electron chi connectivity index (χ0n) is 17.8. The van der Waals surface area contributed by atoms with Gasteiger partial charge in [-0.2, -0.15) is 0 Å². The van der Waals surface area contributed by atoms with Gasteiger partial charge >= 0.3 is 5.97 Å². The van der Waals surface area contributed by atoms with Gasteiger partial charge in [-0.15, -0.1) is 5.54 Å². The lowest BCUT2D eigenvalue weighted by Crippen LogP contribution is -2.30. The van der Waals surface area contributed by atoms with E-state index in [1.165, 1.54) is 11.0 Å². The van der Waals surface area contributed by atoms with Gasteiger partial charge < -0.3 is 10.0 Å². The molecule has 31 heavy (non-hydrogen) atoms. The molecule has 7 heteroatoms. The minimum absolute atomic E-state index is 0.00947.